The molecule has 1 aliphatic rings. The predicted molar refractivity (Wildman–Crippen MR) is 88.1 cm³/mol. The second-order valence-corrected chi connectivity index (χ2v) is 7.33. The fourth-order valence-electron chi connectivity index (χ4n) is 3.30. The fourth-order valence-corrected chi connectivity index (χ4v) is 3.75. The standard InChI is InChI=1S/C17H33OP/c1-13(2)16(18-19)10-9-14(3)15(4)17(5)11-7-6-8-12-17/h7,11,13-16H,6,8-10,12,19H2,1-5H3/t14-,15-,16+,17-/m1/s1. The monoisotopic (exact) mass is 284 g/mol. The Morgan fingerprint density at radius 3 is 2.37 bits per heavy atom. The lowest BCUT2D eigenvalue weighted by atomic mass is 9.66. The van der Waals surface area contributed by atoms with Gasteiger partial charge in [0.2, 0.25) is 0 Å². The van der Waals surface area contributed by atoms with E-state index in [0.717, 1.165) is 11.8 Å². The molecule has 0 aromatic carbocycles. The van der Waals surface area contributed by atoms with Crippen LogP contribution in [0, 0.1) is 23.2 Å². The second-order valence-electron chi connectivity index (χ2n) is 7.06. The maximum Gasteiger partial charge on any atom is 0.0633 e. The summed E-state index contributed by atoms with van der Waals surface area (Å²) in [6.45, 7) is 11.8. The molecule has 0 aliphatic heterocycles. The molecule has 112 valence electrons. The molecular formula is C17H33OP. The van der Waals surface area contributed by atoms with Crippen LogP contribution in [0.5, 0.6) is 0 Å². The minimum absolute atomic E-state index is 0.384. The Kier molecular flexibility index (Phi) is 7.05. The highest BCUT2D eigenvalue weighted by atomic mass is 31.0. The van der Waals surface area contributed by atoms with Crippen molar-refractivity contribution in [1.82, 2.24) is 0 Å². The van der Waals surface area contributed by atoms with Crippen LogP contribution in [0.4, 0.5) is 0 Å². The smallest absolute Gasteiger partial charge is 0.0633 e. The first-order chi connectivity index (χ1) is 8.90. The van der Waals surface area contributed by atoms with Crippen molar-refractivity contribution < 1.29 is 4.52 Å². The van der Waals surface area contributed by atoms with E-state index in [2.05, 4.69) is 56.2 Å². The van der Waals surface area contributed by atoms with Crippen molar-refractivity contribution in [3.8, 4) is 0 Å². The molecule has 0 radical (unpaired) electrons. The van der Waals surface area contributed by atoms with Gasteiger partial charge in [-0.15, -0.1) is 0 Å². The van der Waals surface area contributed by atoms with Crippen LogP contribution in [0.3, 0.4) is 0 Å². The molecule has 19 heavy (non-hydrogen) atoms. The van der Waals surface area contributed by atoms with Crippen molar-refractivity contribution in [2.45, 2.75) is 72.8 Å². The maximum absolute atomic E-state index is 5.52. The summed E-state index contributed by atoms with van der Waals surface area (Å²) in [6.07, 6.45) is 11.7. The molecule has 0 amide bonds. The Morgan fingerprint density at radius 1 is 1.21 bits per heavy atom. The molecule has 0 saturated carbocycles. The Balaban J connectivity index is 2.50. The SMILES string of the molecule is CC(C)[C@H](CC[C@@H](C)[C@@H](C)[C@]1(C)C=CCCC1)OP. The molecule has 0 heterocycles. The average Bonchev–Trinajstić information content (AvgIpc) is 2.38. The summed E-state index contributed by atoms with van der Waals surface area (Å²) >= 11 is 0. The molecule has 5 atom stereocenters. The molecule has 0 N–H and O–H groups in total. The first-order valence-corrected chi connectivity index (χ1v) is 8.41. The van der Waals surface area contributed by atoms with Crippen LogP contribution in [0.2, 0.25) is 0 Å². The van der Waals surface area contributed by atoms with Gasteiger partial charge in [0.15, 0.2) is 0 Å². The third-order valence-electron chi connectivity index (χ3n) is 5.30. The lowest BCUT2D eigenvalue weighted by Gasteiger charge is -2.39. The van der Waals surface area contributed by atoms with Gasteiger partial charge in [0.25, 0.3) is 0 Å². The molecule has 0 saturated heterocycles. The predicted octanol–water partition coefficient (Wildman–Crippen LogP) is 5.62. The van der Waals surface area contributed by atoms with Crippen molar-refractivity contribution in [2.24, 2.45) is 23.2 Å². The maximum atomic E-state index is 5.52. The highest BCUT2D eigenvalue weighted by Gasteiger charge is 2.33. The zero-order chi connectivity index (χ0) is 14.5. The van der Waals surface area contributed by atoms with Gasteiger partial charge >= 0.3 is 0 Å². The summed E-state index contributed by atoms with van der Waals surface area (Å²) < 4.78 is 5.52. The van der Waals surface area contributed by atoms with Gasteiger partial charge < -0.3 is 4.52 Å². The van der Waals surface area contributed by atoms with E-state index in [9.17, 15) is 0 Å². The third-order valence-corrected chi connectivity index (χ3v) is 5.65. The van der Waals surface area contributed by atoms with Crippen molar-refractivity contribution in [3.05, 3.63) is 12.2 Å². The first-order valence-electron chi connectivity index (χ1n) is 7.94. The highest BCUT2D eigenvalue weighted by molar-refractivity contribution is 7.09. The number of hydrogen-bond acceptors (Lipinski definition) is 1. The largest absolute Gasteiger partial charge is 0.362 e. The van der Waals surface area contributed by atoms with Gasteiger partial charge in [0.1, 0.15) is 0 Å². The van der Waals surface area contributed by atoms with E-state index < -0.39 is 0 Å². The minimum atomic E-state index is 0.384. The quantitative estimate of drug-likeness (QED) is 0.435. The lowest BCUT2D eigenvalue weighted by molar-refractivity contribution is 0.128. The molecule has 2 heteroatoms. The summed E-state index contributed by atoms with van der Waals surface area (Å²) in [5.41, 5.74) is 0.410. The van der Waals surface area contributed by atoms with E-state index in [1.165, 1.54) is 32.1 Å². The van der Waals surface area contributed by atoms with Crippen molar-refractivity contribution in [2.75, 3.05) is 0 Å². The van der Waals surface area contributed by atoms with Crippen LogP contribution in [-0.2, 0) is 4.52 Å². The Labute approximate surface area is 122 Å². The molecule has 0 bridgehead atoms. The van der Waals surface area contributed by atoms with E-state index in [1.54, 1.807) is 0 Å². The van der Waals surface area contributed by atoms with Gasteiger partial charge in [0, 0.05) is 9.47 Å². The van der Waals surface area contributed by atoms with Gasteiger partial charge in [-0.25, -0.2) is 0 Å². The van der Waals surface area contributed by atoms with Crippen molar-refractivity contribution in [3.63, 3.8) is 0 Å². The molecule has 0 spiro atoms. The van der Waals surface area contributed by atoms with Crippen LogP contribution < -0.4 is 0 Å². The first kappa shape index (κ1) is 17.2. The molecule has 0 fully saturated rings. The number of hydrogen-bond donors (Lipinski definition) is 0. The zero-order valence-corrected chi connectivity index (χ0v) is 14.6. The van der Waals surface area contributed by atoms with Crippen LogP contribution in [0.25, 0.3) is 0 Å². The number of rotatable bonds is 7. The van der Waals surface area contributed by atoms with Crippen molar-refractivity contribution >= 4 is 9.47 Å². The number of allylic oxidation sites excluding steroid dienone is 2. The molecule has 0 aromatic rings. The molecule has 1 unspecified atom stereocenters. The highest BCUT2D eigenvalue weighted by Crippen LogP contribution is 2.42. The second kappa shape index (κ2) is 7.79. The minimum Gasteiger partial charge on any atom is -0.362 e. The summed E-state index contributed by atoms with van der Waals surface area (Å²) in [6, 6.07) is 0. The molecular weight excluding hydrogens is 251 g/mol. The van der Waals surface area contributed by atoms with E-state index in [4.69, 9.17) is 4.52 Å². The van der Waals surface area contributed by atoms with E-state index >= 15 is 0 Å². The molecule has 1 aliphatic carbocycles. The van der Waals surface area contributed by atoms with Crippen molar-refractivity contribution in [1.29, 1.82) is 0 Å². The molecule has 1 rings (SSSR count). The van der Waals surface area contributed by atoms with Gasteiger partial charge in [-0.1, -0.05) is 46.8 Å². The lowest BCUT2D eigenvalue weighted by Crippen LogP contribution is -2.30. The van der Waals surface area contributed by atoms with Crippen LogP contribution >= 0.6 is 9.47 Å². The van der Waals surface area contributed by atoms with E-state index in [1.807, 2.05) is 0 Å². The summed E-state index contributed by atoms with van der Waals surface area (Å²) in [5.74, 6) is 2.11. The Hall–Kier alpha value is 0.130. The summed E-state index contributed by atoms with van der Waals surface area (Å²) in [4.78, 5) is 0. The van der Waals surface area contributed by atoms with Gasteiger partial charge in [-0.05, 0) is 55.3 Å². The summed E-state index contributed by atoms with van der Waals surface area (Å²) in [7, 11) is 2.44. The van der Waals surface area contributed by atoms with E-state index in [0.29, 0.717) is 17.4 Å². The fraction of sp³-hybridized carbons (Fsp3) is 0.882. The van der Waals surface area contributed by atoms with Gasteiger partial charge in [0.05, 0.1) is 6.10 Å². The normalized spacial score (nSPS) is 28.4. The Bertz CT molecular complexity index is 287. The average molecular weight is 284 g/mol. The van der Waals surface area contributed by atoms with Crippen LogP contribution in [-0.4, -0.2) is 6.10 Å². The third kappa shape index (κ3) is 4.87. The topological polar surface area (TPSA) is 9.23 Å². The van der Waals surface area contributed by atoms with Crippen LogP contribution in [0.1, 0.15) is 66.7 Å². The zero-order valence-electron chi connectivity index (χ0n) is 13.5. The van der Waals surface area contributed by atoms with Crippen LogP contribution in [0.15, 0.2) is 12.2 Å². The molecule has 1 nitrogen and oxygen atoms in total. The van der Waals surface area contributed by atoms with Gasteiger partial charge in [-0.3, -0.25) is 0 Å². The molecule has 0 aromatic heterocycles. The summed E-state index contributed by atoms with van der Waals surface area (Å²) in [5, 5.41) is 0. The Morgan fingerprint density at radius 2 is 1.89 bits per heavy atom. The van der Waals surface area contributed by atoms with E-state index in [-0.39, 0.29) is 0 Å². The van der Waals surface area contributed by atoms with Gasteiger partial charge in [-0.2, -0.15) is 0 Å².